The van der Waals surface area contributed by atoms with Crippen molar-refractivity contribution in [3.05, 3.63) is 71.3 Å². The summed E-state index contributed by atoms with van der Waals surface area (Å²) in [5.74, 6) is -0.685. The van der Waals surface area contributed by atoms with Gasteiger partial charge in [0, 0.05) is 12.0 Å². The van der Waals surface area contributed by atoms with Crippen molar-refractivity contribution in [2.24, 2.45) is 5.73 Å². The first-order chi connectivity index (χ1) is 9.59. The molecule has 0 saturated carbocycles. The second-order valence-electron chi connectivity index (χ2n) is 4.96. The summed E-state index contributed by atoms with van der Waals surface area (Å²) in [6, 6.07) is 12.1. The highest BCUT2D eigenvalue weighted by Crippen LogP contribution is 2.28. The van der Waals surface area contributed by atoms with Gasteiger partial charge in [-0.2, -0.15) is 0 Å². The number of aliphatic hydroxyl groups is 1. The molecule has 0 saturated heterocycles. The second-order valence-corrected chi connectivity index (χ2v) is 4.96. The van der Waals surface area contributed by atoms with E-state index >= 15 is 0 Å². The molecule has 0 amide bonds. The van der Waals surface area contributed by atoms with E-state index in [4.69, 9.17) is 5.73 Å². The average molecular weight is 277 g/mol. The van der Waals surface area contributed by atoms with Crippen molar-refractivity contribution >= 4 is 0 Å². The maximum Gasteiger partial charge on any atom is 0.123 e. The highest BCUT2D eigenvalue weighted by molar-refractivity contribution is 5.31. The van der Waals surface area contributed by atoms with Gasteiger partial charge in [0.2, 0.25) is 0 Å². The molecular formula is C16H17F2NO. The summed E-state index contributed by atoms with van der Waals surface area (Å²) in [7, 11) is 0. The van der Waals surface area contributed by atoms with E-state index in [2.05, 4.69) is 0 Å². The third kappa shape index (κ3) is 3.03. The van der Waals surface area contributed by atoms with Gasteiger partial charge >= 0.3 is 0 Å². The lowest BCUT2D eigenvalue weighted by Crippen LogP contribution is -2.41. The van der Waals surface area contributed by atoms with Crippen molar-refractivity contribution in [3.8, 4) is 0 Å². The van der Waals surface area contributed by atoms with Gasteiger partial charge in [-0.05, 0) is 41.8 Å². The molecule has 106 valence electrons. The fourth-order valence-corrected chi connectivity index (χ4v) is 2.32. The smallest absolute Gasteiger partial charge is 0.123 e. The largest absolute Gasteiger partial charge is 0.395 e. The number of benzene rings is 2. The van der Waals surface area contributed by atoms with Gasteiger partial charge in [0.05, 0.1) is 6.61 Å². The minimum Gasteiger partial charge on any atom is -0.395 e. The van der Waals surface area contributed by atoms with Gasteiger partial charge in [0.1, 0.15) is 11.6 Å². The second kappa shape index (κ2) is 6.11. The molecule has 0 aliphatic heterocycles. The van der Waals surface area contributed by atoms with Gasteiger partial charge in [-0.15, -0.1) is 0 Å². The Morgan fingerprint density at radius 3 is 2.25 bits per heavy atom. The number of halogens is 2. The molecule has 0 aliphatic rings. The molecule has 0 radical (unpaired) electrons. The highest BCUT2D eigenvalue weighted by atomic mass is 19.1. The normalized spacial score (nSPS) is 14.0. The van der Waals surface area contributed by atoms with Crippen molar-refractivity contribution in [2.75, 3.05) is 13.2 Å². The van der Waals surface area contributed by atoms with Crippen molar-refractivity contribution in [2.45, 2.75) is 11.8 Å². The Morgan fingerprint density at radius 1 is 1.00 bits per heavy atom. The van der Waals surface area contributed by atoms with E-state index in [1.807, 2.05) is 0 Å². The summed E-state index contributed by atoms with van der Waals surface area (Å²) in [5, 5.41) is 9.76. The van der Waals surface area contributed by atoms with Gasteiger partial charge < -0.3 is 10.8 Å². The summed E-state index contributed by atoms with van der Waals surface area (Å²) >= 11 is 0. The zero-order chi connectivity index (χ0) is 14.6. The summed E-state index contributed by atoms with van der Waals surface area (Å²) in [6.45, 7) is -0.0331. The van der Waals surface area contributed by atoms with Gasteiger partial charge in [0.25, 0.3) is 0 Å². The minimum atomic E-state index is -0.764. The maximum atomic E-state index is 13.4. The molecule has 0 spiro atoms. The van der Waals surface area contributed by atoms with Crippen LogP contribution in [0, 0.1) is 11.6 Å². The first-order valence-electron chi connectivity index (χ1n) is 6.41. The fourth-order valence-electron chi connectivity index (χ4n) is 2.32. The molecule has 0 bridgehead atoms. The molecule has 1 atom stereocenters. The van der Waals surface area contributed by atoms with Crippen LogP contribution in [0.2, 0.25) is 0 Å². The van der Waals surface area contributed by atoms with E-state index in [-0.39, 0.29) is 24.8 Å². The molecule has 0 aromatic heterocycles. The van der Waals surface area contributed by atoms with Crippen LogP contribution in [0.15, 0.2) is 48.5 Å². The molecule has 2 aromatic rings. The predicted molar refractivity (Wildman–Crippen MR) is 74.3 cm³/mol. The van der Waals surface area contributed by atoms with Crippen LogP contribution in [0.25, 0.3) is 0 Å². The molecule has 3 N–H and O–H groups in total. The van der Waals surface area contributed by atoms with E-state index in [0.29, 0.717) is 12.0 Å². The van der Waals surface area contributed by atoms with E-state index in [9.17, 15) is 13.9 Å². The Bertz CT molecular complexity index is 565. The van der Waals surface area contributed by atoms with Crippen LogP contribution in [-0.4, -0.2) is 18.3 Å². The Morgan fingerprint density at radius 2 is 1.70 bits per heavy atom. The molecule has 0 fully saturated rings. The highest BCUT2D eigenvalue weighted by Gasteiger charge is 2.30. The van der Waals surface area contributed by atoms with Crippen LogP contribution in [0.3, 0.4) is 0 Å². The van der Waals surface area contributed by atoms with Crippen LogP contribution >= 0.6 is 0 Å². The van der Waals surface area contributed by atoms with Gasteiger partial charge in [0.15, 0.2) is 0 Å². The molecule has 4 heteroatoms. The van der Waals surface area contributed by atoms with Crippen LogP contribution in [0.1, 0.15) is 11.1 Å². The Labute approximate surface area is 116 Å². The zero-order valence-corrected chi connectivity index (χ0v) is 11.0. The third-order valence-electron chi connectivity index (χ3n) is 3.59. The lowest BCUT2D eigenvalue weighted by molar-refractivity contribution is 0.195. The summed E-state index contributed by atoms with van der Waals surface area (Å²) in [5.41, 5.74) is 6.55. The van der Waals surface area contributed by atoms with E-state index in [1.54, 1.807) is 24.3 Å². The molecule has 0 aliphatic carbocycles. The average Bonchev–Trinajstić information content (AvgIpc) is 2.47. The minimum absolute atomic E-state index is 0.171. The van der Waals surface area contributed by atoms with E-state index < -0.39 is 5.41 Å². The standard InChI is InChI=1S/C16H17F2NO/c17-14-6-4-12(5-7-14)9-16(10-19,11-20)13-2-1-3-15(18)8-13/h1-8,20H,9-11,19H2. The quantitative estimate of drug-likeness (QED) is 0.881. The molecule has 2 nitrogen and oxygen atoms in total. The lowest BCUT2D eigenvalue weighted by atomic mass is 9.76. The summed E-state index contributed by atoms with van der Waals surface area (Å²) in [6.07, 6.45) is 0.420. The first-order valence-corrected chi connectivity index (χ1v) is 6.41. The Hall–Kier alpha value is -1.78. The summed E-state index contributed by atoms with van der Waals surface area (Å²) in [4.78, 5) is 0. The number of rotatable bonds is 5. The maximum absolute atomic E-state index is 13.4. The number of hydrogen-bond acceptors (Lipinski definition) is 2. The Kier molecular flexibility index (Phi) is 4.47. The van der Waals surface area contributed by atoms with Gasteiger partial charge in [-0.25, -0.2) is 8.78 Å². The molecular weight excluding hydrogens is 260 g/mol. The van der Waals surface area contributed by atoms with E-state index in [0.717, 1.165) is 5.56 Å². The third-order valence-corrected chi connectivity index (χ3v) is 3.59. The van der Waals surface area contributed by atoms with Crippen molar-refractivity contribution in [3.63, 3.8) is 0 Å². The molecule has 2 aromatic carbocycles. The topological polar surface area (TPSA) is 46.2 Å². The molecule has 20 heavy (non-hydrogen) atoms. The molecule has 1 unspecified atom stereocenters. The van der Waals surface area contributed by atoms with Crippen molar-refractivity contribution in [1.29, 1.82) is 0 Å². The monoisotopic (exact) mass is 277 g/mol. The number of hydrogen-bond donors (Lipinski definition) is 2. The van der Waals surface area contributed by atoms with Crippen LogP contribution in [-0.2, 0) is 11.8 Å². The van der Waals surface area contributed by atoms with Crippen LogP contribution in [0.4, 0.5) is 8.78 Å². The van der Waals surface area contributed by atoms with Gasteiger partial charge in [-0.3, -0.25) is 0 Å². The Balaban J connectivity index is 2.36. The van der Waals surface area contributed by atoms with Crippen LogP contribution < -0.4 is 5.73 Å². The first kappa shape index (κ1) is 14.6. The number of aliphatic hydroxyl groups excluding tert-OH is 1. The zero-order valence-electron chi connectivity index (χ0n) is 11.0. The summed E-state index contributed by atoms with van der Waals surface area (Å²) < 4.78 is 26.3. The van der Waals surface area contributed by atoms with Crippen molar-refractivity contribution in [1.82, 2.24) is 0 Å². The number of nitrogens with two attached hydrogens (primary N) is 1. The lowest BCUT2D eigenvalue weighted by Gasteiger charge is -2.31. The van der Waals surface area contributed by atoms with E-state index in [1.165, 1.54) is 24.3 Å². The molecule has 0 heterocycles. The molecule has 2 rings (SSSR count). The van der Waals surface area contributed by atoms with Crippen LogP contribution in [0.5, 0.6) is 0 Å². The predicted octanol–water partition coefficient (Wildman–Crippen LogP) is 2.40. The fraction of sp³-hybridized carbons (Fsp3) is 0.250. The van der Waals surface area contributed by atoms with Crippen molar-refractivity contribution < 1.29 is 13.9 Å². The van der Waals surface area contributed by atoms with Gasteiger partial charge in [-0.1, -0.05) is 24.3 Å². The SMILES string of the molecule is NCC(CO)(Cc1ccc(F)cc1)c1cccc(F)c1.